The average Bonchev–Trinajstić information content (AvgIpc) is 3.84. The molecule has 0 bridgehead atoms. The fourth-order valence-corrected chi connectivity index (χ4v) is 7.96. The van der Waals surface area contributed by atoms with Gasteiger partial charge in [0.2, 0.25) is 0 Å². The van der Waals surface area contributed by atoms with Gasteiger partial charge in [-0.25, -0.2) is 14.1 Å². The number of imidazole rings is 1. The molecule has 0 atom stereocenters. The lowest BCUT2D eigenvalue weighted by Crippen LogP contribution is -2.38. The number of aromatic amines is 1. The lowest BCUT2D eigenvalue weighted by molar-refractivity contribution is 0.477. The van der Waals surface area contributed by atoms with Crippen LogP contribution < -0.4 is 5.32 Å². The monoisotopic (exact) mass is 745 g/mol. The Labute approximate surface area is 330 Å². The third-order valence-corrected chi connectivity index (χ3v) is 10.4. The van der Waals surface area contributed by atoms with Gasteiger partial charge < -0.3 is 10.3 Å². The summed E-state index contributed by atoms with van der Waals surface area (Å²) in [5.74, 6) is 0.722. The van der Waals surface area contributed by atoms with Crippen LogP contribution >= 0.6 is 0 Å². The van der Waals surface area contributed by atoms with Gasteiger partial charge in [-0.3, -0.25) is 9.97 Å². The predicted molar refractivity (Wildman–Crippen MR) is 228 cm³/mol. The van der Waals surface area contributed by atoms with Crippen molar-refractivity contribution in [2.45, 2.75) is 25.8 Å². The van der Waals surface area contributed by atoms with E-state index in [1.165, 1.54) is 12.1 Å². The fourth-order valence-electron chi connectivity index (χ4n) is 7.96. The molecule has 9 aromatic rings. The predicted octanol–water partition coefficient (Wildman–Crippen LogP) is 11.7. The first kappa shape index (κ1) is 35.5. The van der Waals surface area contributed by atoms with E-state index in [4.69, 9.17) is 10.1 Å². The summed E-state index contributed by atoms with van der Waals surface area (Å²) >= 11 is 0. The van der Waals surface area contributed by atoms with Gasteiger partial charge in [-0.2, -0.15) is 5.10 Å². The number of benzene rings is 5. The summed E-state index contributed by atoms with van der Waals surface area (Å²) in [5, 5.41) is 9.94. The molecule has 5 aromatic carbocycles. The highest BCUT2D eigenvalue weighted by molar-refractivity contribution is 5.99. The molecule has 57 heavy (non-hydrogen) atoms. The van der Waals surface area contributed by atoms with Gasteiger partial charge in [-0.15, -0.1) is 0 Å². The number of pyridine rings is 2. The van der Waals surface area contributed by atoms with Gasteiger partial charge in [0, 0.05) is 34.6 Å². The van der Waals surface area contributed by atoms with Crippen molar-refractivity contribution >= 4 is 27.6 Å². The number of hydrogen-bond acceptors (Lipinski definition) is 5. The zero-order valence-electron chi connectivity index (χ0n) is 31.7. The molecule has 0 spiro atoms. The summed E-state index contributed by atoms with van der Waals surface area (Å²) in [5.41, 5.74) is 10.4. The molecule has 2 N–H and O–H groups in total. The van der Waals surface area contributed by atoms with Crippen molar-refractivity contribution in [2.24, 2.45) is 5.92 Å². The van der Waals surface area contributed by atoms with E-state index >= 15 is 0 Å². The maximum absolute atomic E-state index is 14.5. The molecular weight excluding hydrogens is 706 g/mol. The fraction of sp³-hybridized carbons (Fsp3) is 0.102. The van der Waals surface area contributed by atoms with E-state index in [0.717, 1.165) is 67.6 Å². The van der Waals surface area contributed by atoms with Crippen molar-refractivity contribution in [1.29, 1.82) is 0 Å². The van der Waals surface area contributed by atoms with Crippen LogP contribution in [-0.2, 0) is 5.54 Å². The minimum Gasteiger partial charge on any atom is -0.358 e. The van der Waals surface area contributed by atoms with E-state index < -0.39 is 5.54 Å². The molecule has 9 rings (SSSR count). The molecule has 4 heterocycles. The maximum atomic E-state index is 14.5. The van der Waals surface area contributed by atoms with Gasteiger partial charge in [0.1, 0.15) is 17.1 Å². The maximum Gasteiger partial charge on any atom is 0.159 e. The van der Waals surface area contributed by atoms with Crippen molar-refractivity contribution in [3.8, 4) is 33.8 Å². The van der Waals surface area contributed by atoms with Crippen molar-refractivity contribution in [3.63, 3.8) is 0 Å². The van der Waals surface area contributed by atoms with Crippen molar-refractivity contribution in [3.05, 3.63) is 199 Å². The number of rotatable bonds is 11. The Morgan fingerprint density at radius 2 is 1.39 bits per heavy atom. The molecule has 8 heteroatoms. The number of hydrogen-bond donors (Lipinski definition) is 2. The summed E-state index contributed by atoms with van der Waals surface area (Å²) in [7, 11) is 0. The first-order chi connectivity index (χ1) is 27.9. The molecule has 0 aliphatic heterocycles. The van der Waals surface area contributed by atoms with Crippen LogP contribution in [0, 0.1) is 11.7 Å². The molecule has 0 aliphatic carbocycles. The topological polar surface area (TPSA) is 84.3 Å². The van der Waals surface area contributed by atoms with Crippen molar-refractivity contribution in [2.75, 3.05) is 5.32 Å². The first-order valence-corrected chi connectivity index (χ1v) is 19.1. The lowest BCUT2D eigenvalue weighted by atomic mass is 9.77. The molecule has 0 saturated heterocycles. The number of nitrogens with one attached hydrogen (secondary N) is 2. The van der Waals surface area contributed by atoms with E-state index in [-0.39, 0.29) is 5.82 Å². The van der Waals surface area contributed by atoms with E-state index in [0.29, 0.717) is 28.5 Å². The number of allylic oxidation sites excluding steroid dienone is 1. The molecule has 0 aliphatic rings. The minimum absolute atomic E-state index is 0.324. The van der Waals surface area contributed by atoms with E-state index in [1.807, 2.05) is 36.7 Å². The van der Waals surface area contributed by atoms with Crippen LogP contribution in [0.3, 0.4) is 0 Å². The van der Waals surface area contributed by atoms with Gasteiger partial charge >= 0.3 is 0 Å². The Morgan fingerprint density at radius 3 is 2.04 bits per heavy atom. The van der Waals surface area contributed by atoms with E-state index in [2.05, 4.69) is 142 Å². The third-order valence-electron chi connectivity index (χ3n) is 10.4. The van der Waals surface area contributed by atoms with Crippen LogP contribution in [0.1, 0.15) is 37.0 Å². The highest BCUT2D eigenvalue weighted by Gasteiger charge is 2.41. The summed E-state index contributed by atoms with van der Waals surface area (Å²) < 4.78 is 16.6. The van der Waals surface area contributed by atoms with Gasteiger partial charge in [0.05, 0.1) is 34.6 Å². The SMILES string of the molecule is C=C(CC(C)C)Nc1cncc(-c2ccc3c(c2)c(-c2nc4c(-c5cccc(F)c5)cncc4[nH]2)nn3C(c2ccccc2)(c2ccccc2)c2ccccc2)c1. The van der Waals surface area contributed by atoms with Crippen LogP contribution in [0.4, 0.5) is 10.1 Å². The molecule has 7 nitrogen and oxygen atoms in total. The summed E-state index contributed by atoms with van der Waals surface area (Å²) in [6.45, 7) is 8.60. The second kappa shape index (κ2) is 14.8. The Kier molecular flexibility index (Phi) is 9.22. The third kappa shape index (κ3) is 6.55. The number of nitrogens with zero attached hydrogens (tertiary/aromatic N) is 5. The highest BCUT2D eigenvalue weighted by atomic mass is 19.1. The average molecular weight is 746 g/mol. The van der Waals surface area contributed by atoms with Crippen LogP contribution in [0.2, 0.25) is 0 Å². The number of anilines is 1. The second-order valence-corrected chi connectivity index (χ2v) is 14.8. The Morgan fingerprint density at radius 1 is 0.719 bits per heavy atom. The zero-order chi connectivity index (χ0) is 38.9. The van der Waals surface area contributed by atoms with E-state index in [1.54, 1.807) is 18.5 Å². The standard InChI is InChI=1S/C49H40FN7/c1-32(2)24-33(3)53-41-26-36(28-51-29-41)34-22-23-45-42(27-34)47(48-54-44-31-52-30-43(46(44)55-48)35-14-13-21-40(50)25-35)56-57(45)49(37-15-7-4-8-16-37,38-17-9-5-10-18-38)39-19-11-6-12-20-39/h4-23,25-32,53H,3,24H2,1-2H3,(H,54,55). The van der Waals surface area contributed by atoms with Gasteiger partial charge in [-0.05, 0) is 70.5 Å². The largest absolute Gasteiger partial charge is 0.358 e. The molecular formula is C49H40FN7. The zero-order valence-corrected chi connectivity index (χ0v) is 31.7. The van der Waals surface area contributed by atoms with Gasteiger partial charge in [0.15, 0.2) is 5.82 Å². The quantitative estimate of drug-likeness (QED) is 0.129. The molecule has 0 saturated carbocycles. The van der Waals surface area contributed by atoms with E-state index in [9.17, 15) is 4.39 Å². The van der Waals surface area contributed by atoms with Crippen LogP contribution in [-0.4, -0.2) is 29.7 Å². The molecule has 0 radical (unpaired) electrons. The first-order valence-electron chi connectivity index (χ1n) is 19.1. The minimum atomic E-state index is -0.885. The molecule has 0 fully saturated rings. The summed E-state index contributed by atoms with van der Waals surface area (Å²) in [4.78, 5) is 17.9. The Hall–Kier alpha value is -7.19. The van der Waals surface area contributed by atoms with Crippen molar-refractivity contribution in [1.82, 2.24) is 29.7 Å². The Bertz CT molecular complexity index is 2770. The van der Waals surface area contributed by atoms with Crippen LogP contribution in [0.15, 0.2) is 177 Å². The molecule has 278 valence electrons. The second-order valence-electron chi connectivity index (χ2n) is 14.8. The normalized spacial score (nSPS) is 11.7. The molecule has 0 amide bonds. The van der Waals surface area contributed by atoms with Gasteiger partial charge in [-0.1, -0.05) is 130 Å². The van der Waals surface area contributed by atoms with Crippen molar-refractivity contribution < 1.29 is 4.39 Å². The van der Waals surface area contributed by atoms with Crippen LogP contribution in [0.5, 0.6) is 0 Å². The van der Waals surface area contributed by atoms with Crippen LogP contribution in [0.25, 0.3) is 55.7 Å². The van der Waals surface area contributed by atoms with Gasteiger partial charge in [0.25, 0.3) is 0 Å². The number of fused-ring (bicyclic) bond motifs is 2. The lowest BCUT2D eigenvalue weighted by Gasteiger charge is -2.37. The molecule has 0 unspecified atom stereocenters. The number of halogens is 1. The molecule has 4 aromatic heterocycles. The highest BCUT2D eigenvalue weighted by Crippen LogP contribution is 2.45. The number of H-pyrrole nitrogens is 1. The summed E-state index contributed by atoms with van der Waals surface area (Å²) in [6.07, 6.45) is 8.04. The smallest absolute Gasteiger partial charge is 0.159 e. The Balaban J connectivity index is 1.32. The summed E-state index contributed by atoms with van der Waals surface area (Å²) in [6, 6.07) is 46.6. The number of aromatic nitrogens is 6.